The number of halogens is 1. The molecular formula is C12H11FN4O3. The van der Waals surface area contributed by atoms with Crippen LogP contribution in [0.4, 0.5) is 15.9 Å². The van der Waals surface area contributed by atoms with E-state index in [1.807, 2.05) is 6.92 Å². The van der Waals surface area contributed by atoms with Gasteiger partial charge in [0.15, 0.2) is 11.6 Å². The third-order valence-corrected chi connectivity index (χ3v) is 2.31. The van der Waals surface area contributed by atoms with Crippen molar-refractivity contribution in [2.45, 2.75) is 6.92 Å². The first kappa shape index (κ1) is 13.7. The van der Waals surface area contributed by atoms with Gasteiger partial charge in [0.2, 0.25) is 5.88 Å². The number of benzene rings is 1. The van der Waals surface area contributed by atoms with Gasteiger partial charge in [0.1, 0.15) is 5.82 Å². The summed E-state index contributed by atoms with van der Waals surface area (Å²) in [5.74, 6) is -0.406. The van der Waals surface area contributed by atoms with Gasteiger partial charge >= 0.3 is 0 Å². The standard InChI is InChI=1S/C12H11FN4O3/c1-2-15-11-6-14-7-12(16-11)20-10-4-3-8(17(18)19)5-9(10)13/h3-7H,2H2,1H3,(H,15,16). The highest BCUT2D eigenvalue weighted by Crippen LogP contribution is 2.26. The normalized spacial score (nSPS) is 10.1. The van der Waals surface area contributed by atoms with Gasteiger partial charge in [0.25, 0.3) is 5.69 Å². The molecule has 0 aliphatic rings. The summed E-state index contributed by atoms with van der Waals surface area (Å²) in [4.78, 5) is 17.8. The molecule has 0 unspecified atom stereocenters. The number of nitro benzene ring substituents is 1. The number of hydrogen-bond donors (Lipinski definition) is 1. The zero-order valence-electron chi connectivity index (χ0n) is 10.5. The summed E-state index contributed by atoms with van der Waals surface area (Å²) in [5.41, 5.74) is -0.345. The fraction of sp³-hybridized carbons (Fsp3) is 0.167. The predicted octanol–water partition coefficient (Wildman–Crippen LogP) is 2.75. The fourth-order valence-corrected chi connectivity index (χ4v) is 1.46. The topological polar surface area (TPSA) is 90.2 Å². The number of nitrogens with one attached hydrogen (secondary N) is 1. The molecule has 0 aliphatic heterocycles. The van der Waals surface area contributed by atoms with Gasteiger partial charge in [0.05, 0.1) is 23.4 Å². The zero-order valence-corrected chi connectivity index (χ0v) is 10.5. The Morgan fingerprint density at radius 1 is 1.45 bits per heavy atom. The third-order valence-electron chi connectivity index (χ3n) is 2.31. The van der Waals surface area contributed by atoms with Gasteiger partial charge in [-0.3, -0.25) is 15.1 Å². The highest BCUT2D eigenvalue weighted by Gasteiger charge is 2.13. The molecule has 1 N–H and O–H groups in total. The fourth-order valence-electron chi connectivity index (χ4n) is 1.46. The summed E-state index contributed by atoms with van der Waals surface area (Å²) in [6, 6.07) is 3.12. The molecular weight excluding hydrogens is 267 g/mol. The molecule has 0 fully saturated rings. The van der Waals surface area contributed by atoms with Gasteiger partial charge < -0.3 is 10.1 Å². The molecule has 104 valence electrons. The Morgan fingerprint density at radius 2 is 2.25 bits per heavy atom. The first-order valence-corrected chi connectivity index (χ1v) is 5.78. The molecule has 0 saturated carbocycles. The van der Waals surface area contributed by atoms with Gasteiger partial charge in [0, 0.05) is 12.6 Å². The average Bonchev–Trinajstić information content (AvgIpc) is 2.42. The van der Waals surface area contributed by atoms with Crippen molar-refractivity contribution < 1.29 is 14.1 Å². The van der Waals surface area contributed by atoms with E-state index in [-0.39, 0.29) is 17.3 Å². The van der Waals surface area contributed by atoms with E-state index in [0.717, 1.165) is 12.1 Å². The Balaban J connectivity index is 2.21. The number of non-ortho nitro benzene ring substituents is 1. The van der Waals surface area contributed by atoms with E-state index in [0.29, 0.717) is 12.4 Å². The molecule has 2 rings (SSSR count). The molecule has 0 radical (unpaired) electrons. The number of hydrogen-bond acceptors (Lipinski definition) is 6. The lowest BCUT2D eigenvalue weighted by Gasteiger charge is -2.07. The molecule has 0 spiro atoms. The molecule has 0 aliphatic carbocycles. The molecule has 0 atom stereocenters. The second-order valence-corrected chi connectivity index (χ2v) is 3.75. The summed E-state index contributed by atoms with van der Waals surface area (Å²) in [7, 11) is 0. The van der Waals surface area contributed by atoms with Crippen molar-refractivity contribution in [1.29, 1.82) is 0 Å². The van der Waals surface area contributed by atoms with E-state index in [2.05, 4.69) is 15.3 Å². The molecule has 0 amide bonds. The first-order chi connectivity index (χ1) is 9.60. The monoisotopic (exact) mass is 278 g/mol. The quantitative estimate of drug-likeness (QED) is 0.668. The second kappa shape index (κ2) is 5.91. The van der Waals surface area contributed by atoms with Crippen LogP contribution in [0.5, 0.6) is 11.6 Å². The van der Waals surface area contributed by atoms with E-state index in [9.17, 15) is 14.5 Å². The van der Waals surface area contributed by atoms with Crippen molar-refractivity contribution in [1.82, 2.24) is 9.97 Å². The van der Waals surface area contributed by atoms with Crippen LogP contribution in [0, 0.1) is 15.9 Å². The van der Waals surface area contributed by atoms with Crippen LogP contribution in [0.2, 0.25) is 0 Å². The molecule has 8 heteroatoms. The largest absolute Gasteiger partial charge is 0.434 e. The van der Waals surface area contributed by atoms with Gasteiger partial charge in [-0.15, -0.1) is 0 Å². The minimum absolute atomic E-state index is 0.0937. The Morgan fingerprint density at radius 3 is 2.90 bits per heavy atom. The maximum absolute atomic E-state index is 13.7. The lowest BCUT2D eigenvalue weighted by Crippen LogP contribution is -2.01. The molecule has 0 bridgehead atoms. The zero-order chi connectivity index (χ0) is 14.5. The minimum Gasteiger partial charge on any atom is -0.434 e. The van der Waals surface area contributed by atoms with Crippen LogP contribution in [0.15, 0.2) is 30.6 Å². The van der Waals surface area contributed by atoms with Crippen LogP contribution in [-0.4, -0.2) is 21.4 Å². The maximum Gasteiger partial charge on any atom is 0.272 e. The summed E-state index contributed by atoms with van der Waals surface area (Å²) < 4.78 is 18.9. The molecule has 1 heterocycles. The lowest BCUT2D eigenvalue weighted by molar-refractivity contribution is -0.385. The molecule has 1 aromatic heterocycles. The molecule has 7 nitrogen and oxygen atoms in total. The van der Waals surface area contributed by atoms with Gasteiger partial charge in [-0.25, -0.2) is 4.39 Å². The molecule has 0 saturated heterocycles. The predicted molar refractivity (Wildman–Crippen MR) is 69.3 cm³/mol. The Bertz CT molecular complexity index is 636. The van der Waals surface area contributed by atoms with E-state index in [1.165, 1.54) is 18.5 Å². The van der Waals surface area contributed by atoms with Crippen molar-refractivity contribution in [2.75, 3.05) is 11.9 Å². The second-order valence-electron chi connectivity index (χ2n) is 3.75. The van der Waals surface area contributed by atoms with Crippen molar-refractivity contribution in [3.8, 4) is 11.6 Å². The highest BCUT2D eigenvalue weighted by atomic mass is 19.1. The summed E-state index contributed by atoms with van der Waals surface area (Å²) >= 11 is 0. The van der Waals surface area contributed by atoms with Gasteiger partial charge in [-0.05, 0) is 13.0 Å². The Hall–Kier alpha value is -2.77. The summed E-state index contributed by atoms with van der Waals surface area (Å²) in [5, 5.41) is 13.4. The molecule has 2 aromatic rings. The summed E-state index contributed by atoms with van der Waals surface area (Å²) in [6.07, 6.45) is 2.82. The first-order valence-electron chi connectivity index (χ1n) is 5.78. The number of ether oxygens (including phenoxy) is 1. The highest BCUT2D eigenvalue weighted by molar-refractivity contribution is 5.40. The molecule has 1 aromatic carbocycles. The summed E-state index contributed by atoms with van der Waals surface area (Å²) in [6.45, 7) is 2.55. The van der Waals surface area contributed by atoms with Crippen molar-refractivity contribution in [3.05, 3.63) is 46.5 Å². The van der Waals surface area contributed by atoms with Gasteiger partial charge in [-0.1, -0.05) is 0 Å². The number of aromatic nitrogens is 2. The lowest BCUT2D eigenvalue weighted by atomic mass is 10.3. The minimum atomic E-state index is -0.838. The smallest absolute Gasteiger partial charge is 0.272 e. The van der Waals surface area contributed by atoms with Crippen LogP contribution < -0.4 is 10.1 Å². The number of anilines is 1. The van der Waals surface area contributed by atoms with E-state index < -0.39 is 10.7 Å². The van der Waals surface area contributed by atoms with Crippen LogP contribution >= 0.6 is 0 Å². The van der Waals surface area contributed by atoms with Crippen molar-refractivity contribution in [2.24, 2.45) is 0 Å². The van der Waals surface area contributed by atoms with Crippen molar-refractivity contribution >= 4 is 11.5 Å². The third kappa shape index (κ3) is 3.16. The average molecular weight is 278 g/mol. The van der Waals surface area contributed by atoms with E-state index in [4.69, 9.17) is 4.74 Å². The van der Waals surface area contributed by atoms with E-state index in [1.54, 1.807) is 0 Å². The van der Waals surface area contributed by atoms with Crippen molar-refractivity contribution in [3.63, 3.8) is 0 Å². The SMILES string of the molecule is CCNc1cncc(Oc2ccc([N+](=O)[O-])cc2F)n1. The van der Waals surface area contributed by atoms with Crippen LogP contribution in [0.1, 0.15) is 6.92 Å². The number of nitro groups is 1. The van der Waals surface area contributed by atoms with E-state index >= 15 is 0 Å². The van der Waals surface area contributed by atoms with Crippen LogP contribution in [0.3, 0.4) is 0 Å². The van der Waals surface area contributed by atoms with Crippen LogP contribution in [-0.2, 0) is 0 Å². The number of nitrogens with zero attached hydrogens (tertiary/aromatic N) is 3. The Labute approximate surface area is 113 Å². The number of rotatable bonds is 5. The maximum atomic E-state index is 13.7. The molecule has 20 heavy (non-hydrogen) atoms. The van der Waals surface area contributed by atoms with Crippen LogP contribution in [0.25, 0.3) is 0 Å². The Kier molecular flexibility index (Phi) is 4.04. The van der Waals surface area contributed by atoms with Gasteiger partial charge in [-0.2, -0.15) is 4.98 Å².